The van der Waals surface area contributed by atoms with Gasteiger partial charge >= 0.3 is 0 Å². The van der Waals surface area contributed by atoms with Crippen LogP contribution in [0.15, 0.2) is 24.3 Å². The highest BCUT2D eigenvalue weighted by atomic mass is 19.1. The van der Waals surface area contributed by atoms with E-state index in [2.05, 4.69) is 26.8 Å². The molecule has 0 aliphatic heterocycles. The van der Waals surface area contributed by atoms with Crippen LogP contribution in [-0.2, 0) is 0 Å². The van der Waals surface area contributed by atoms with E-state index in [4.69, 9.17) is 5.73 Å². The summed E-state index contributed by atoms with van der Waals surface area (Å²) < 4.78 is 15.7. The summed E-state index contributed by atoms with van der Waals surface area (Å²) in [6.45, 7) is 4.00. The van der Waals surface area contributed by atoms with Crippen LogP contribution in [0.4, 0.5) is 10.2 Å². The van der Waals surface area contributed by atoms with Crippen molar-refractivity contribution in [3.63, 3.8) is 0 Å². The monoisotopic (exact) mass is 393 g/mol. The molecule has 6 nitrogen and oxygen atoms in total. The second kappa shape index (κ2) is 7.45. The fourth-order valence-corrected chi connectivity index (χ4v) is 3.81. The lowest BCUT2D eigenvalue weighted by Crippen LogP contribution is -2.29. The fourth-order valence-electron chi connectivity index (χ4n) is 3.81. The number of nitrogens with two attached hydrogens (primary N) is 1. The molecule has 150 valence electrons. The maximum absolute atomic E-state index is 13.8. The molecule has 1 aromatic carbocycles. The van der Waals surface area contributed by atoms with Gasteiger partial charge in [0.05, 0.1) is 0 Å². The summed E-state index contributed by atoms with van der Waals surface area (Å²) in [6.07, 6.45) is 4.36. The van der Waals surface area contributed by atoms with E-state index in [1.54, 1.807) is 12.1 Å². The van der Waals surface area contributed by atoms with Crippen LogP contribution < -0.4 is 5.73 Å². The summed E-state index contributed by atoms with van der Waals surface area (Å²) in [7, 11) is 0. The SMILES string of the molecule is CC(C)n1c(-c2cccc(F)c2)nc2c(N)nc(C#CC3(O)CCCCC3)nc21. The maximum Gasteiger partial charge on any atom is 0.209 e. The number of nitrogens with zero attached hydrogens (tertiary/aromatic N) is 4. The first-order valence-electron chi connectivity index (χ1n) is 9.93. The van der Waals surface area contributed by atoms with E-state index in [-0.39, 0.29) is 23.5 Å². The second-order valence-electron chi connectivity index (χ2n) is 7.86. The van der Waals surface area contributed by atoms with Gasteiger partial charge in [-0.05, 0) is 57.6 Å². The van der Waals surface area contributed by atoms with Gasteiger partial charge in [0.1, 0.15) is 17.2 Å². The number of nitrogen functional groups attached to an aromatic ring is 1. The van der Waals surface area contributed by atoms with Crippen molar-refractivity contribution in [1.82, 2.24) is 19.5 Å². The zero-order chi connectivity index (χ0) is 20.6. The molecule has 0 saturated heterocycles. The first-order chi connectivity index (χ1) is 13.9. The molecule has 1 aliphatic rings. The van der Waals surface area contributed by atoms with Gasteiger partial charge in [0.15, 0.2) is 17.0 Å². The molecule has 2 aromatic heterocycles. The van der Waals surface area contributed by atoms with E-state index in [1.165, 1.54) is 12.1 Å². The quantitative estimate of drug-likeness (QED) is 0.646. The second-order valence-corrected chi connectivity index (χ2v) is 7.86. The summed E-state index contributed by atoms with van der Waals surface area (Å²) in [5, 5.41) is 10.6. The van der Waals surface area contributed by atoms with E-state index in [9.17, 15) is 9.50 Å². The number of aliphatic hydroxyl groups is 1. The smallest absolute Gasteiger partial charge is 0.209 e. The van der Waals surface area contributed by atoms with Crippen LogP contribution in [0, 0.1) is 17.7 Å². The van der Waals surface area contributed by atoms with Crippen LogP contribution in [0.1, 0.15) is 57.8 Å². The molecular formula is C22H24FN5O. The van der Waals surface area contributed by atoms with Crippen molar-refractivity contribution in [2.24, 2.45) is 0 Å². The molecule has 7 heteroatoms. The Hall–Kier alpha value is -2.98. The third kappa shape index (κ3) is 3.81. The van der Waals surface area contributed by atoms with Gasteiger partial charge in [-0.15, -0.1) is 0 Å². The number of rotatable bonds is 2. The van der Waals surface area contributed by atoms with Crippen molar-refractivity contribution < 1.29 is 9.50 Å². The number of halogens is 1. The van der Waals surface area contributed by atoms with Gasteiger partial charge in [0.2, 0.25) is 5.82 Å². The van der Waals surface area contributed by atoms with Crippen molar-refractivity contribution in [2.45, 2.75) is 57.6 Å². The standard InChI is InChI=1S/C22H24FN5O/c1-14(2)28-20(15-7-6-8-16(23)13-15)27-18-19(24)25-17(26-21(18)28)9-12-22(29)10-4-3-5-11-22/h6-8,13-14,29H,3-5,10-11H2,1-2H3,(H2,24,25,26). The normalized spacial score (nSPS) is 16.0. The summed E-state index contributed by atoms with van der Waals surface area (Å²) in [6, 6.07) is 6.28. The van der Waals surface area contributed by atoms with E-state index < -0.39 is 5.60 Å². The highest BCUT2D eigenvalue weighted by Gasteiger charge is 2.27. The van der Waals surface area contributed by atoms with Crippen LogP contribution >= 0.6 is 0 Å². The Balaban J connectivity index is 1.84. The Morgan fingerprint density at radius 1 is 1.17 bits per heavy atom. The van der Waals surface area contributed by atoms with Crippen molar-refractivity contribution in [3.05, 3.63) is 35.9 Å². The van der Waals surface area contributed by atoms with Crippen LogP contribution in [-0.4, -0.2) is 30.2 Å². The number of aromatic nitrogens is 4. The Morgan fingerprint density at radius 2 is 1.93 bits per heavy atom. The van der Waals surface area contributed by atoms with E-state index in [0.717, 1.165) is 19.3 Å². The number of imidazole rings is 1. The minimum atomic E-state index is -0.990. The lowest BCUT2D eigenvalue weighted by molar-refractivity contribution is 0.0610. The predicted molar refractivity (Wildman–Crippen MR) is 110 cm³/mol. The zero-order valence-corrected chi connectivity index (χ0v) is 16.6. The Bertz CT molecular complexity index is 1120. The largest absolute Gasteiger partial charge is 0.382 e. The first kappa shape index (κ1) is 19.3. The number of hydrogen-bond acceptors (Lipinski definition) is 5. The zero-order valence-electron chi connectivity index (χ0n) is 16.6. The predicted octanol–water partition coefficient (Wildman–Crippen LogP) is 3.84. The topological polar surface area (TPSA) is 89.9 Å². The Morgan fingerprint density at radius 3 is 2.62 bits per heavy atom. The van der Waals surface area contributed by atoms with Gasteiger partial charge in [-0.25, -0.2) is 19.3 Å². The third-order valence-electron chi connectivity index (χ3n) is 5.25. The van der Waals surface area contributed by atoms with Gasteiger partial charge < -0.3 is 15.4 Å². The average Bonchev–Trinajstić information content (AvgIpc) is 3.07. The minimum absolute atomic E-state index is 0.0101. The fraction of sp³-hybridized carbons (Fsp3) is 0.409. The molecule has 1 aliphatic carbocycles. The van der Waals surface area contributed by atoms with Gasteiger partial charge in [0, 0.05) is 11.6 Å². The summed E-state index contributed by atoms with van der Waals surface area (Å²) in [5.41, 5.74) is 6.81. The van der Waals surface area contributed by atoms with E-state index in [0.29, 0.717) is 35.4 Å². The third-order valence-corrected chi connectivity index (χ3v) is 5.25. The average molecular weight is 393 g/mol. The van der Waals surface area contributed by atoms with Crippen molar-refractivity contribution in [1.29, 1.82) is 0 Å². The summed E-state index contributed by atoms with van der Waals surface area (Å²) in [4.78, 5) is 13.4. The molecule has 2 heterocycles. The molecule has 3 N–H and O–H groups in total. The van der Waals surface area contributed by atoms with Crippen molar-refractivity contribution in [3.8, 4) is 23.2 Å². The molecule has 0 atom stereocenters. The minimum Gasteiger partial charge on any atom is -0.382 e. The maximum atomic E-state index is 13.8. The van der Waals surface area contributed by atoms with Crippen molar-refractivity contribution >= 4 is 17.0 Å². The Kier molecular flexibility index (Phi) is 4.97. The highest BCUT2D eigenvalue weighted by Crippen LogP contribution is 2.30. The van der Waals surface area contributed by atoms with Crippen molar-refractivity contribution in [2.75, 3.05) is 5.73 Å². The van der Waals surface area contributed by atoms with E-state index in [1.807, 2.05) is 18.4 Å². The van der Waals surface area contributed by atoms with Gasteiger partial charge in [-0.2, -0.15) is 0 Å². The van der Waals surface area contributed by atoms with Gasteiger partial charge in [-0.1, -0.05) is 24.5 Å². The molecule has 4 rings (SSSR count). The number of benzene rings is 1. The van der Waals surface area contributed by atoms with Crippen LogP contribution in [0.5, 0.6) is 0 Å². The van der Waals surface area contributed by atoms with Crippen LogP contribution in [0.25, 0.3) is 22.6 Å². The molecule has 0 bridgehead atoms. The summed E-state index contributed by atoms with van der Waals surface area (Å²) >= 11 is 0. The molecule has 1 fully saturated rings. The molecule has 1 saturated carbocycles. The molecule has 0 unspecified atom stereocenters. The summed E-state index contributed by atoms with van der Waals surface area (Å²) in [5.74, 6) is 6.56. The highest BCUT2D eigenvalue weighted by molar-refractivity contribution is 5.86. The molecule has 0 radical (unpaired) electrons. The van der Waals surface area contributed by atoms with Gasteiger partial charge in [0.25, 0.3) is 0 Å². The number of anilines is 1. The first-order valence-corrected chi connectivity index (χ1v) is 9.93. The molecule has 0 spiro atoms. The van der Waals surface area contributed by atoms with Crippen LogP contribution in [0.2, 0.25) is 0 Å². The molecule has 3 aromatic rings. The molecule has 29 heavy (non-hydrogen) atoms. The van der Waals surface area contributed by atoms with Gasteiger partial charge in [-0.3, -0.25) is 0 Å². The number of fused-ring (bicyclic) bond motifs is 1. The van der Waals surface area contributed by atoms with Crippen LogP contribution in [0.3, 0.4) is 0 Å². The van der Waals surface area contributed by atoms with E-state index >= 15 is 0 Å². The Labute approximate surface area is 169 Å². The number of hydrogen-bond donors (Lipinski definition) is 2. The lowest BCUT2D eigenvalue weighted by Gasteiger charge is -2.26. The lowest BCUT2D eigenvalue weighted by atomic mass is 9.85. The molecular weight excluding hydrogens is 369 g/mol. The molecule has 0 amide bonds.